The molecule has 150 valence electrons. The molecule has 0 bridgehead atoms. The molecule has 1 atom stereocenters. The second-order valence-corrected chi connectivity index (χ2v) is 7.23. The molecule has 0 saturated carbocycles. The Hall–Kier alpha value is -3.19. The lowest BCUT2D eigenvalue weighted by Crippen LogP contribution is -2.48. The average Bonchev–Trinajstić information content (AvgIpc) is 2.73. The number of rotatable bonds is 6. The molecule has 2 aliphatic rings. The van der Waals surface area contributed by atoms with E-state index in [0.29, 0.717) is 32.6 Å². The summed E-state index contributed by atoms with van der Waals surface area (Å²) in [6, 6.07) is 15.5. The molecule has 0 saturated heterocycles. The number of nitrogens with zero attached hydrogens (tertiary/aromatic N) is 2. The van der Waals surface area contributed by atoms with Crippen molar-refractivity contribution < 1.29 is 14.3 Å². The van der Waals surface area contributed by atoms with Crippen LogP contribution in [0.15, 0.2) is 53.6 Å². The number of fused-ring (bicyclic) bond motifs is 1. The molecule has 0 spiro atoms. The summed E-state index contributed by atoms with van der Waals surface area (Å²) in [5, 5.41) is 7.00. The third kappa shape index (κ3) is 4.30. The summed E-state index contributed by atoms with van der Waals surface area (Å²) in [4.78, 5) is 25.7. The van der Waals surface area contributed by atoms with Gasteiger partial charge in [0.05, 0.1) is 25.0 Å². The Labute approximate surface area is 169 Å². The van der Waals surface area contributed by atoms with E-state index in [4.69, 9.17) is 4.74 Å². The monoisotopic (exact) mass is 392 g/mol. The molecule has 2 aliphatic heterocycles. The molecule has 2 heterocycles. The standard InChI is InChI=1S/C22H24N4O3/c1-15-21(24-25-22(28)23-15)18-7-9-19-17(13-18)8-10-20(27)26(19)11-12-29-14-16-5-3-2-4-6-16/h2-7,9,13,15H,8,10-12,14H2,1H3,(H2,23,25,28). The highest BCUT2D eigenvalue weighted by Gasteiger charge is 2.26. The van der Waals surface area contributed by atoms with Gasteiger partial charge in [0.1, 0.15) is 0 Å². The van der Waals surface area contributed by atoms with Gasteiger partial charge in [0.25, 0.3) is 0 Å². The van der Waals surface area contributed by atoms with Crippen molar-refractivity contribution in [3.05, 3.63) is 65.2 Å². The molecule has 1 unspecified atom stereocenters. The topological polar surface area (TPSA) is 83.0 Å². The number of amides is 3. The minimum Gasteiger partial charge on any atom is -0.375 e. The molecular weight excluding hydrogens is 368 g/mol. The van der Waals surface area contributed by atoms with Crippen molar-refractivity contribution in [3.8, 4) is 0 Å². The van der Waals surface area contributed by atoms with Crippen LogP contribution in [0.3, 0.4) is 0 Å². The number of hydrazone groups is 1. The van der Waals surface area contributed by atoms with Crippen LogP contribution >= 0.6 is 0 Å². The maximum atomic E-state index is 12.5. The number of hydrogen-bond donors (Lipinski definition) is 2. The molecule has 0 aromatic heterocycles. The Kier molecular flexibility index (Phi) is 5.57. The molecule has 29 heavy (non-hydrogen) atoms. The van der Waals surface area contributed by atoms with Crippen LogP contribution in [0.2, 0.25) is 0 Å². The minimum absolute atomic E-state index is 0.117. The van der Waals surface area contributed by atoms with E-state index in [1.54, 1.807) is 4.90 Å². The lowest BCUT2D eigenvalue weighted by molar-refractivity contribution is -0.119. The fraction of sp³-hybridized carbons (Fsp3) is 0.318. The normalized spacial score (nSPS) is 18.6. The van der Waals surface area contributed by atoms with Crippen molar-refractivity contribution >= 4 is 23.3 Å². The quantitative estimate of drug-likeness (QED) is 0.742. The fourth-order valence-corrected chi connectivity index (χ4v) is 3.70. The van der Waals surface area contributed by atoms with E-state index in [1.807, 2.05) is 49.4 Å². The van der Waals surface area contributed by atoms with Gasteiger partial charge in [-0.2, -0.15) is 5.10 Å². The lowest BCUT2D eigenvalue weighted by Gasteiger charge is -2.30. The number of benzene rings is 2. The Balaban J connectivity index is 1.44. The zero-order chi connectivity index (χ0) is 20.2. The Bertz CT molecular complexity index is 942. The summed E-state index contributed by atoms with van der Waals surface area (Å²) >= 11 is 0. The highest BCUT2D eigenvalue weighted by Crippen LogP contribution is 2.29. The van der Waals surface area contributed by atoms with Gasteiger partial charge < -0.3 is 15.0 Å². The number of aryl methyl sites for hydroxylation is 1. The average molecular weight is 392 g/mol. The van der Waals surface area contributed by atoms with Crippen LogP contribution in [0.25, 0.3) is 0 Å². The molecule has 2 aromatic rings. The first kappa shape index (κ1) is 19.1. The first-order chi connectivity index (χ1) is 14.1. The first-order valence-corrected chi connectivity index (χ1v) is 9.81. The summed E-state index contributed by atoms with van der Waals surface area (Å²) in [6.45, 7) is 3.43. The van der Waals surface area contributed by atoms with E-state index < -0.39 is 0 Å². The molecule has 7 heteroatoms. The van der Waals surface area contributed by atoms with Crippen molar-refractivity contribution in [3.63, 3.8) is 0 Å². The first-order valence-electron chi connectivity index (χ1n) is 9.81. The Morgan fingerprint density at radius 2 is 1.97 bits per heavy atom. The van der Waals surface area contributed by atoms with Gasteiger partial charge in [-0.1, -0.05) is 36.4 Å². The van der Waals surface area contributed by atoms with Gasteiger partial charge in [0.2, 0.25) is 5.91 Å². The van der Waals surface area contributed by atoms with Crippen LogP contribution < -0.4 is 15.6 Å². The smallest absolute Gasteiger partial charge is 0.335 e. The van der Waals surface area contributed by atoms with Gasteiger partial charge in [-0.3, -0.25) is 4.79 Å². The summed E-state index contributed by atoms with van der Waals surface area (Å²) in [7, 11) is 0. The number of carbonyl (C=O) groups is 2. The van der Waals surface area contributed by atoms with E-state index in [1.165, 1.54) is 0 Å². The Morgan fingerprint density at radius 1 is 1.14 bits per heavy atom. The highest BCUT2D eigenvalue weighted by atomic mass is 16.5. The highest BCUT2D eigenvalue weighted by molar-refractivity contribution is 6.08. The number of anilines is 1. The van der Waals surface area contributed by atoms with E-state index in [0.717, 1.165) is 28.1 Å². The third-order valence-electron chi connectivity index (χ3n) is 5.18. The second-order valence-electron chi connectivity index (χ2n) is 7.23. The number of hydrogen-bond acceptors (Lipinski definition) is 4. The number of urea groups is 1. The third-order valence-corrected chi connectivity index (χ3v) is 5.18. The van der Waals surface area contributed by atoms with Gasteiger partial charge in [0, 0.05) is 24.2 Å². The van der Waals surface area contributed by atoms with Crippen molar-refractivity contribution in [2.45, 2.75) is 32.4 Å². The van der Waals surface area contributed by atoms with Crippen LogP contribution in [0.5, 0.6) is 0 Å². The van der Waals surface area contributed by atoms with Gasteiger partial charge in [-0.15, -0.1) is 0 Å². The molecule has 0 fully saturated rings. The second kappa shape index (κ2) is 8.45. The van der Waals surface area contributed by atoms with E-state index >= 15 is 0 Å². The molecule has 7 nitrogen and oxygen atoms in total. The van der Waals surface area contributed by atoms with Crippen LogP contribution in [0.4, 0.5) is 10.5 Å². The molecule has 4 rings (SSSR count). The maximum Gasteiger partial charge on any atom is 0.335 e. The fourth-order valence-electron chi connectivity index (χ4n) is 3.70. The molecule has 2 aromatic carbocycles. The number of ether oxygens (including phenoxy) is 1. The van der Waals surface area contributed by atoms with Crippen LogP contribution in [-0.2, 0) is 22.6 Å². The number of carbonyl (C=O) groups excluding carboxylic acids is 2. The predicted molar refractivity (Wildman–Crippen MR) is 111 cm³/mol. The summed E-state index contributed by atoms with van der Waals surface area (Å²) < 4.78 is 5.77. The largest absolute Gasteiger partial charge is 0.375 e. The molecule has 2 N–H and O–H groups in total. The minimum atomic E-state index is -0.300. The predicted octanol–water partition coefficient (Wildman–Crippen LogP) is 2.59. The molecule has 0 aliphatic carbocycles. The van der Waals surface area contributed by atoms with Gasteiger partial charge >= 0.3 is 6.03 Å². The van der Waals surface area contributed by atoms with E-state index in [9.17, 15) is 9.59 Å². The van der Waals surface area contributed by atoms with Gasteiger partial charge in [0.15, 0.2) is 0 Å². The SMILES string of the molecule is CC1NC(=O)NN=C1c1ccc2c(c1)CCC(=O)N2CCOCc1ccccc1. The zero-order valence-electron chi connectivity index (χ0n) is 16.4. The summed E-state index contributed by atoms with van der Waals surface area (Å²) in [5.74, 6) is 0.117. The molecular formula is C22H24N4O3. The maximum absolute atomic E-state index is 12.5. The number of nitrogens with one attached hydrogen (secondary N) is 2. The van der Waals surface area contributed by atoms with Gasteiger partial charge in [-0.25, -0.2) is 10.2 Å². The van der Waals surface area contributed by atoms with Crippen LogP contribution in [-0.4, -0.2) is 36.8 Å². The van der Waals surface area contributed by atoms with Crippen molar-refractivity contribution in [2.75, 3.05) is 18.1 Å². The lowest BCUT2D eigenvalue weighted by atomic mass is 9.95. The van der Waals surface area contributed by atoms with E-state index in [2.05, 4.69) is 21.9 Å². The van der Waals surface area contributed by atoms with Crippen LogP contribution in [0, 0.1) is 0 Å². The Morgan fingerprint density at radius 3 is 2.76 bits per heavy atom. The van der Waals surface area contributed by atoms with Crippen molar-refractivity contribution in [1.29, 1.82) is 0 Å². The van der Waals surface area contributed by atoms with Crippen LogP contribution in [0.1, 0.15) is 30.0 Å². The molecule has 0 radical (unpaired) electrons. The van der Waals surface area contributed by atoms with Crippen molar-refractivity contribution in [1.82, 2.24) is 10.7 Å². The van der Waals surface area contributed by atoms with Crippen molar-refractivity contribution in [2.24, 2.45) is 5.10 Å². The van der Waals surface area contributed by atoms with E-state index in [-0.39, 0.29) is 18.0 Å². The molecule has 3 amide bonds. The summed E-state index contributed by atoms with van der Waals surface area (Å²) in [5.41, 5.74) is 7.33. The zero-order valence-corrected chi connectivity index (χ0v) is 16.4. The van der Waals surface area contributed by atoms with Gasteiger partial charge in [-0.05, 0) is 36.6 Å². The summed E-state index contributed by atoms with van der Waals surface area (Å²) in [6.07, 6.45) is 1.18.